The van der Waals surface area contributed by atoms with Crippen molar-refractivity contribution in [2.75, 3.05) is 20.2 Å². The lowest BCUT2D eigenvalue weighted by atomic mass is 10.2. The first-order chi connectivity index (χ1) is 13.7. The second-order valence-electron chi connectivity index (χ2n) is 6.42. The Morgan fingerprint density at radius 1 is 1.18 bits per heavy atom. The molecule has 6 heteroatoms. The molecule has 0 spiro atoms. The molecule has 150 valence electrons. The van der Waals surface area contributed by atoms with Crippen LogP contribution in [0.4, 0.5) is 0 Å². The van der Waals surface area contributed by atoms with Crippen LogP contribution in [0.25, 0.3) is 0 Å². The number of aromatic nitrogens is 1. The highest BCUT2D eigenvalue weighted by Crippen LogP contribution is 2.17. The fourth-order valence-electron chi connectivity index (χ4n) is 2.85. The molecule has 0 fully saturated rings. The number of ether oxygens (including phenoxy) is 1. The first-order valence-electron chi connectivity index (χ1n) is 9.58. The van der Waals surface area contributed by atoms with Gasteiger partial charge in [-0.3, -0.25) is 9.79 Å². The van der Waals surface area contributed by atoms with Gasteiger partial charge in [0, 0.05) is 44.0 Å². The van der Waals surface area contributed by atoms with Crippen LogP contribution in [0.15, 0.2) is 64.9 Å². The summed E-state index contributed by atoms with van der Waals surface area (Å²) in [5, 5.41) is 6.62. The minimum Gasteiger partial charge on any atom is -0.489 e. The van der Waals surface area contributed by atoms with Crippen molar-refractivity contribution in [1.82, 2.24) is 15.2 Å². The van der Waals surface area contributed by atoms with Gasteiger partial charge in [-0.1, -0.05) is 36.9 Å². The quantitative estimate of drug-likeness (QED) is 0.287. The molecule has 1 aromatic heterocycles. The predicted octanol–water partition coefficient (Wildman–Crippen LogP) is 2.87. The highest BCUT2D eigenvalue weighted by atomic mass is 16.5. The lowest BCUT2D eigenvalue weighted by Crippen LogP contribution is -2.37. The monoisotopic (exact) mass is 382 g/mol. The molecule has 0 aliphatic carbocycles. The second kappa shape index (κ2) is 11.6. The van der Waals surface area contributed by atoms with Gasteiger partial charge in [-0.15, -0.1) is 0 Å². The van der Waals surface area contributed by atoms with Crippen LogP contribution in [0.2, 0.25) is 0 Å². The van der Waals surface area contributed by atoms with Gasteiger partial charge in [0.05, 0.1) is 0 Å². The molecule has 0 aliphatic rings. The van der Waals surface area contributed by atoms with Crippen molar-refractivity contribution in [3.63, 3.8) is 0 Å². The number of guanidine groups is 1. The third-order valence-corrected chi connectivity index (χ3v) is 4.37. The van der Waals surface area contributed by atoms with E-state index in [-0.39, 0.29) is 5.56 Å². The van der Waals surface area contributed by atoms with E-state index in [0.717, 1.165) is 48.9 Å². The highest BCUT2D eigenvalue weighted by molar-refractivity contribution is 5.79. The highest BCUT2D eigenvalue weighted by Gasteiger charge is 2.04. The van der Waals surface area contributed by atoms with Crippen LogP contribution in [0.3, 0.4) is 0 Å². The molecular formula is C22H30N4O2. The average molecular weight is 383 g/mol. The number of hydrogen-bond donors (Lipinski definition) is 2. The molecule has 0 radical (unpaired) electrons. The van der Waals surface area contributed by atoms with E-state index in [1.165, 1.54) is 0 Å². The fraction of sp³-hybridized carbons (Fsp3) is 0.364. The Kier molecular flexibility index (Phi) is 8.85. The third kappa shape index (κ3) is 6.61. The van der Waals surface area contributed by atoms with Crippen molar-refractivity contribution in [2.45, 2.75) is 32.9 Å². The molecule has 1 heterocycles. The normalized spacial score (nSPS) is 11.1. The zero-order chi connectivity index (χ0) is 20.2. The molecule has 2 N–H and O–H groups in total. The molecule has 0 saturated carbocycles. The van der Waals surface area contributed by atoms with Crippen LogP contribution in [-0.2, 0) is 13.1 Å². The van der Waals surface area contributed by atoms with E-state index in [1.54, 1.807) is 25.3 Å². The summed E-state index contributed by atoms with van der Waals surface area (Å²) in [6.45, 7) is 8.26. The van der Waals surface area contributed by atoms with Gasteiger partial charge >= 0.3 is 0 Å². The van der Waals surface area contributed by atoms with Gasteiger partial charge in [0.25, 0.3) is 5.56 Å². The molecule has 6 nitrogen and oxygen atoms in total. The Balaban J connectivity index is 1.75. The van der Waals surface area contributed by atoms with E-state index in [9.17, 15) is 4.79 Å². The molecular weight excluding hydrogens is 352 g/mol. The number of pyridine rings is 1. The van der Waals surface area contributed by atoms with Crippen molar-refractivity contribution in [3.8, 4) is 5.75 Å². The maximum absolute atomic E-state index is 11.9. The van der Waals surface area contributed by atoms with Gasteiger partial charge in [-0.25, -0.2) is 0 Å². The minimum absolute atomic E-state index is 0.0581. The molecule has 2 rings (SSSR count). The molecule has 0 amide bonds. The Labute approximate surface area is 167 Å². The van der Waals surface area contributed by atoms with Crippen molar-refractivity contribution < 1.29 is 4.74 Å². The summed E-state index contributed by atoms with van der Waals surface area (Å²) in [6.07, 6.45) is 3.60. The molecule has 0 atom stereocenters. The van der Waals surface area contributed by atoms with Gasteiger partial charge in [-0.2, -0.15) is 0 Å². The zero-order valence-corrected chi connectivity index (χ0v) is 16.8. The van der Waals surface area contributed by atoms with Crippen LogP contribution in [0, 0.1) is 6.92 Å². The van der Waals surface area contributed by atoms with E-state index in [1.807, 2.05) is 41.8 Å². The van der Waals surface area contributed by atoms with Gasteiger partial charge in [-0.05, 0) is 31.9 Å². The number of nitrogens with zero attached hydrogens (tertiary/aromatic N) is 2. The number of benzene rings is 1. The van der Waals surface area contributed by atoms with Gasteiger partial charge < -0.3 is 19.9 Å². The maximum Gasteiger partial charge on any atom is 0.250 e. The maximum atomic E-state index is 11.9. The summed E-state index contributed by atoms with van der Waals surface area (Å²) >= 11 is 0. The summed E-state index contributed by atoms with van der Waals surface area (Å²) in [4.78, 5) is 16.1. The molecule has 0 saturated heterocycles. The van der Waals surface area contributed by atoms with Crippen LogP contribution in [0.5, 0.6) is 5.75 Å². The molecule has 0 bridgehead atoms. The number of aryl methyl sites for hydroxylation is 1. The summed E-state index contributed by atoms with van der Waals surface area (Å²) in [5.41, 5.74) is 2.12. The second-order valence-corrected chi connectivity index (χ2v) is 6.42. The molecule has 1 aromatic carbocycles. The van der Waals surface area contributed by atoms with Crippen LogP contribution < -0.4 is 20.9 Å². The van der Waals surface area contributed by atoms with Gasteiger partial charge in [0.15, 0.2) is 5.96 Å². The number of unbranched alkanes of at least 4 members (excludes halogenated alkanes) is 1. The minimum atomic E-state index is 0.0581. The average Bonchev–Trinajstić information content (AvgIpc) is 2.71. The smallest absolute Gasteiger partial charge is 0.250 e. The van der Waals surface area contributed by atoms with Crippen molar-refractivity contribution >= 4 is 5.96 Å². The molecule has 0 aliphatic heterocycles. The Bertz CT molecular complexity index is 842. The number of aliphatic imine (C=N–C) groups is 1. The number of rotatable bonds is 10. The lowest BCUT2D eigenvalue weighted by molar-refractivity contribution is 0.358. The number of nitrogens with one attached hydrogen (secondary N) is 2. The van der Waals surface area contributed by atoms with Crippen LogP contribution >= 0.6 is 0 Å². The first-order valence-corrected chi connectivity index (χ1v) is 9.58. The van der Waals surface area contributed by atoms with E-state index in [2.05, 4.69) is 22.2 Å². The zero-order valence-electron chi connectivity index (χ0n) is 16.8. The topological polar surface area (TPSA) is 67.7 Å². The summed E-state index contributed by atoms with van der Waals surface area (Å²) in [5.74, 6) is 1.58. The number of para-hydroxylation sites is 1. The number of hydrogen-bond acceptors (Lipinski definition) is 3. The Hall–Kier alpha value is -3.02. The Morgan fingerprint density at radius 2 is 2.00 bits per heavy atom. The molecule has 2 aromatic rings. The van der Waals surface area contributed by atoms with Gasteiger partial charge in [0.1, 0.15) is 12.4 Å². The van der Waals surface area contributed by atoms with E-state index < -0.39 is 0 Å². The van der Waals surface area contributed by atoms with Crippen LogP contribution in [-0.4, -0.2) is 30.7 Å². The van der Waals surface area contributed by atoms with Crippen LogP contribution in [0.1, 0.15) is 24.1 Å². The lowest BCUT2D eigenvalue weighted by Gasteiger charge is -2.14. The summed E-state index contributed by atoms with van der Waals surface area (Å²) < 4.78 is 7.49. The third-order valence-electron chi connectivity index (χ3n) is 4.37. The van der Waals surface area contributed by atoms with E-state index in [0.29, 0.717) is 13.2 Å². The fourth-order valence-corrected chi connectivity index (χ4v) is 2.85. The van der Waals surface area contributed by atoms with E-state index >= 15 is 0 Å². The van der Waals surface area contributed by atoms with Crippen molar-refractivity contribution in [1.29, 1.82) is 0 Å². The van der Waals surface area contributed by atoms with Crippen molar-refractivity contribution in [3.05, 3.63) is 76.7 Å². The van der Waals surface area contributed by atoms with Gasteiger partial charge in [0.2, 0.25) is 0 Å². The van der Waals surface area contributed by atoms with Crippen molar-refractivity contribution in [2.24, 2.45) is 4.99 Å². The molecule has 28 heavy (non-hydrogen) atoms. The predicted molar refractivity (Wildman–Crippen MR) is 115 cm³/mol. The largest absolute Gasteiger partial charge is 0.489 e. The first kappa shape index (κ1) is 21.3. The summed E-state index contributed by atoms with van der Waals surface area (Å²) in [6, 6.07) is 13.3. The van der Waals surface area contributed by atoms with E-state index in [4.69, 9.17) is 4.74 Å². The summed E-state index contributed by atoms with van der Waals surface area (Å²) in [7, 11) is 1.75. The SMILES string of the molecule is C=CCOc1ccccc1CNC(=NC)NCCCCn1c(C)cccc1=O. The standard InChI is InChI=1S/C22H30N4O2/c1-4-16-28-20-12-6-5-11-19(20)17-25-22(23-3)24-14-7-8-15-26-18(2)10-9-13-21(26)27/h4-6,9-13H,1,7-8,14-17H2,2-3H3,(H2,23,24,25). The Morgan fingerprint density at radius 3 is 2.75 bits per heavy atom. The molecule has 0 unspecified atom stereocenters.